The van der Waals surface area contributed by atoms with Crippen LogP contribution in [0.3, 0.4) is 0 Å². The summed E-state index contributed by atoms with van der Waals surface area (Å²) in [6.45, 7) is 6.43. The highest BCUT2D eigenvalue weighted by molar-refractivity contribution is 4.89. The first kappa shape index (κ1) is 12.4. The van der Waals surface area contributed by atoms with Crippen molar-refractivity contribution in [1.29, 1.82) is 5.26 Å². The van der Waals surface area contributed by atoms with E-state index >= 15 is 0 Å². The molecule has 0 radical (unpaired) electrons. The maximum absolute atomic E-state index is 8.67. The van der Waals surface area contributed by atoms with Crippen molar-refractivity contribution in [3.8, 4) is 6.07 Å². The SMILES string of the molecule is CC1CNC(CC#N)CN1CCN(C)C. The zero-order chi connectivity index (χ0) is 11.3. The van der Waals surface area contributed by atoms with E-state index in [4.69, 9.17) is 5.26 Å². The number of likely N-dealkylation sites (N-methyl/N-ethyl adjacent to an activating group) is 1. The van der Waals surface area contributed by atoms with Gasteiger partial charge in [-0.15, -0.1) is 0 Å². The fraction of sp³-hybridized carbons (Fsp3) is 0.909. The minimum atomic E-state index is 0.355. The zero-order valence-corrected chi connectivity index (χ0v) is 10.0. The molecule has 1 heterocycles. The molecule has 86 valence electrons. The van der Waals surface area contributed by atoms with Gasteiger partial charge < -0.3 is 10.2 Å². The van der Waals surface area contributed by atoms with Crippen LogP contribution in [0.2, 0.25) is 0 Å². The Kier molecular flexibility index (Phi) is 5.03. The van der Waals surface area contributed by atoms with Gasteiger partial charge >= 0.3 is 0 Å². The molecule has 0 amide bonds. The summed E-state index contributed by atoms with van der Waals surface area (Å²) in [4.78, 5) is 4.67. The second-order valence-electron chi connectivity index (χ2n) is 4.61. The molecule has 2 atom stereocenters. The summed E-state index contributed by atoms with van der Waals surface area (Å²) in [5.41, 5.74) is 0. The molecule has 1 saturated heterocycles. The van der Waals surface area contributed by atoms with E-state index in [1.807, 2.05) is 0 Å². The molecule has 1 aliphatic heterocycles. The first-order chi connectivity index (χ1) is 7.13. The van der Waals surface area contributed by atoms with E-state index in [1.165, 1.54) is 0 Å². The lowest BCUT2D eigenvalue weighted by molar-refractivity contribution is 0.131. The maximum Gasteiger partial charge on any atom is 0.0638 e. The summed E-state index contributed by atoms with van der Waals surface area (Å²) in [5.74, 6) is 0. The summed E-state index contributed by atoms with van der Waals surface area (Å²) in [7, 11) is 4.19. The second-order valence-corrected chi connectivity index (χ2v) is 4.61. The predicted molar refractivity (Wildman–Crippen MR) is 61.6 cm³/mol. The van der Waals surface area contributed by atoms with Crippen LogP contribution < -0.4 is 5.32 Å². The van der Waals surface area contributed by atoms with Gasteiger partial charge in [-0.25, -0.2) is 0 Å². The van der Waals surface area contributed by atoms with Crippen LogP contribution in [-0.2, 0) is 0 Å². The summed E-state index contributed by atoms with van der Waals surface area (Å²) < 4.78 is 0. The normalized spacial score (nSPS) is 27.9. The van der Waals surface area contributed by atoms with Crippen molar-refractivity contribution in [2.24, 2.45) is 0 Å². The molecule has 4 heteroatoms. The third-order valence-corrected chi connectivity index (χ3v) is 2.95. The summed E-state index contributed by atoms with van der Waals surface area (Å²) >= 11 is 0. The van der Waals surface area contributed by atoms with E-state index in [-0.39, 0.29) is 0 Å². The summed E-state index contributed by atoms with van der Waals surface area (Å²) in [5, 5.41) is 12.1. The number of hydrogen-bond acceptors (Lipinski definition) is 4. The van der Waals surface area contributed by atoms with Crippen LogP contribution >= 0.6 is 0 Å². The van der Waals surface area contributed by atoms with Gasteiger partial charge in [0, 0.05) is 38.3 Å². The molecule has 0 aliphatic carbocycles. The van der Waals surface area contributed by atoms with Crippen molar-refractivity contribution in [2.45, 2.75) is 25.4 Å². The molecule has 0 aromatic rings. The Labute approximate surface area is 92.8 Å². The lowest BCUT2D eigenvalue weighted by atomic mass is 10.1. The Morgan fingerprint density at radius 2 is 2.27 bits per heavy atom. The van der Waals surface area contributed by atoms with Gasteiger partial charge in [0.2, 0.25) is 0 Å². The molecule has 0 saturated carbocycles. The van der Waals surface area contributed by atoms with Gasteiger partial charge in [-0.05, 0) is 21.0 Å². The second kappa shape index (κ2) is 6.06. The van der Waals surface area contributed by atoms with Crippen LogP contribution in [0.5, 0.6) is 0 Å². The van der Waals surface area contributed by atoms with E-state index in [0.717, 1.165) is 26.2 Å². The molecule has 2 unspecified atom stereocenters. The third kappa shape index (κ3) is 4.17. The summed E-state index contributed by atoms with van der Waals surface area (Å²) in [6, 6.07) is 3.18. The van der Waals surface area contributed by atoms with E-state index in [1.54, 1.807) is 0 Å². The lowest BCUT2D eigenvalue weighted by Gasteiger charge is -2.38. The Hall–Kier alpha value is -0.630. The maximum atomic E-state index is 8.67. The average Bonchev–Trinajstić information content (AvgIpc) is 2.19. The molecule has 1 aliphatic rings. The molecule has 0 spiro atoms. The van der Waals surface area contributed by atoms with Gasteiger partial charge in [-0.3, -0.25) is 4.90 Å². The summed E-state index contributed by atoms with van der Waals surface area (Å²) in [6.07, 6.45) is 0.616. The number of nitriles is 1. The average molecular weight is 210 g/mol. The minimum absolute atomic E-state index is 0.355. The van der Waals surface area contributed by atoms with Gasteiger partial charge in [0.05, 0.1) is 12.5 Å². The number of rotatable bonds is 4. The molecule has 1 rings (SSSR count). The van der Waals surface area contributed by atoms with Crippen LogP contribution in [0.25, 0.3) is 0 Å². The third-order valence-electron chi connectivity index (χ3n) is 2.95. The van der Waals surface area contributed by atoms with Crippen LogP contribution in [0.4, 0.5) is 0 Å². The van der Waals surface area contributed by atoms with Crippen molar-refractivity contribution in [3.05, 3.63) is 0 Å². The molecule has 0 bridgehead atoms. The molecule has 15 heavy (non-hydrogen) atoms. The number of piperazine rings is 1. The van der Waals surface area contributed by atoms with E-state index in [9.17, 15) is 0 Å². The first-order valence-electron chi connectivity index (χ1n) is 5.62. The zero-order valence-electron chi connectivity index (χ0n) is 10.0. The highest BCUT2D eigenvalue weighted by Gasteiger charge is 2.24. The van der Waals surface area contributed by atoms with Gasteiger partial charge in [0.15, 0.2) is 0 Å². The molecular formula is C11H22N4. The van der Waals surface area contributed by atoms with Crippen LogP contribution in [0, 0.1) is 11.3 Å². The number of nitrogens with zero attached hydrogens (tertiary/aromatic N) is 3. The quantitative estimate of drug-likeness (QED) is 0.716. The lowest BCUT2D eigenvalue weighted by Crippen LogP contribution is -2.56. The first-order valence-corrected chi connectivity index (χ1v) is 5.62. The van der Waals surface area contributed by atoms with Gasteiger partial charge in [0.1, 0.15) is 0 Å². The molecular weight excluding hydrogens is 188 g/mol. The van der Waals surface area contributed by atoms with Crippen molar-refractivity contribution in [2.75, 3.05) is 40.3 Å². The smallest absolute Gasteiger partial charge is 0.0638 e. The van der Waals surface area contributed by atoms with Crippen molar-refractivity contribution in [3.63, 3.8) is 0 Å². The molecule has 4 nitrogen and oxygen atoms in total. The fourth-order valence-electron chi connectivity index (χ4n) is 1.88. The number of nitrogens with one attached hydrogen (secondary N) is 1. The monoisotopic (exact) mass is 210 g/mol. The van der Waals surface area contributed by atoms with Gasteiger partial charge in [0.25, 0.3) is 0 Å². The Balaban J connectivity index is 2.36. The van der Waals surface area contributed by atoms with Gasteiger partial charge in [-0.1, -0.05) is 0 Å². The number of hydrogen-bond donors (Lipinski definition) is 1. The van der Waals surface area contributed by atoms with Crippen LogP contribution in [-0.4, -0.2) is 62.2 Å². The fourth-order valence-corrected chi connectivity index (χ4v) is 1.88. The van der Waals surface area contributed by atoms with Gasteiger partial charge in [-0.2, -0.15) is 5.26 Å². The molecule has 1 N–H and O–H groups in total. The Morgan fingerprint density at radius 3 is 2.87 bits per heavy atom. The van der Waals surface area contributed by atoms with E-state index < -0.39 is 0 Å². The highest BCUT2D eigenvalue weighted by Crippen LogP contribution is 2.08. The standard InChI is InChI=1S/C11H22N4/c1-10-8-13-11(4-5-12)9-15(10)7-6-14(2)3/h10-11,13H,4,6-9H2,1-3H3. The van der Waals surface area contributed by atoms with Crippen molar-refractivity contribution in [1.82, 2.24) is 15.1 Å². The van der Waals surface area contributed by atoms with E-state index in [0.29, 0.717) is 18.5 Å². The van der Waals surface area contributed by atoms with Crippen molar-refractivity contribution >= 4 is 0 Å². The molecule has 0 aromatic heterocycles. The predicted octanol–water partition coefficient (Wildman–Crippen LogP) is 0.124. The minimum Gasteiger partial charge on any atom is -0.310 e. The Bertz CT molecular complexity index is 221. The van der Waals surface area contributed by atoms with E-state index in [2.05, 4.69) is 42.2 Å². The van der Waals surface area contributed by atoms with Crippen LogP contribution in [0.1, 0.15) is 13.3 Å². The Morgan fingerprint density at radius 1 is 1.53 bits per heavy atom. The molecule has 0 aromatic carbocycles. The topological polar surface area (TPSA) is 42.3 Å². The molecule has 1 fully saturated rings. The largest absolute Gasteiger partial charge is 0.310 e. The van der Waals surface area contributed by atoms with Crippen LogP contribution in [0.15, 0.2) is 0 Å². The highest BCUT2D eigenvalue weighted by atomic mass is 15.2. The van der Waals surface area contributed by atoms with Crippen molar-refractivity contribution < 1.29 is 0 Å².